The van der Waals surface area contributed by atoms with Gasteiger partial charge in [0.25, 0.3) is 0 Å². The van der Waals surface area contributed by atoms with Crippen LogP contribution in [-0.2, 0) is 4.79 Å². The van der Waals surface area contributed by atoms with E-state index in [1.54, 1.807) is 0 Å². The molecule has 2 heteroatoms. The highest BCUT2D eigenvalue weighted by atomic mass is 32.1. The molecule has 0 aliphatic heterocycles. The number of carbonyl (C=O) groups excluding carboxylic acids is 1. The molecular weight excluding hydrogens is 168 g/mol. The van der Waals surface area contributed by atoms with E-state index in [0.29, 0.717) is 17.5 Å². The van der Waals surface area contributed by atoms with Gasteiger partial charge in [0, 0.05) is 11.8 Å². The molecule has 1 atom stereocenters. The molecule has 1 nitrogen and oxygen atoms in total. The maximum Gasteiger partial charge on any atom is 0.139 e. The van der Waals surface area contributed by atoms with Crippen LogP contribution in [0.2, 0.25) is 0 Å². The first-order valence-corrected chi connectivity index (χ1v) is 5.26. The highest BCUT2D eigenvalue weighted by molar-refractivity contribution is 7.80. The number of hydrogen-bond acceptors (Lipinski definition) is 2. The lowest BCUT2D eigenvalue weighted by atomic mass is 9.89. The molecule has 0 saturated heterocycles. The van der Waals surface area contributed by atoms with Crippen LogP contribution in [0.3, 0.4) is 0 Å². The molecule has 0 saturated carbocycles. The maximum atomic E-state index is 11.6. The molecule has 72 valence electrons. The van der Waals surface area contributed by atoms with Crippen LogP contribution >= 0.6 is 12.6 Å². The number of hydrogen-bond donors (Lipinski definition) is 1. The van der Waals surface area contributed by atoms with E-state index in [0.717, 1.165) is 6.42 Å². The van der Waals surface area contributed by atoms with Crippen molar-refractivity contribution in [1.29, 1.82) is 0 Å². The molecule has 0 rings (SSSR count). The van der Waals surface area contributed by atoms with E-state index in [2.05, 4.69) is 26.5 Å². The molecule has 0 bridgehead atoms. The zero-order valence-electron chi connectivity index (χ0n) is 8.50. The molecule has 0 fully saturated rings. The Morgan fingerprint density at radius 1 is 1.25 bits per heavy atom. The molecule has 0 heterocycles. The van der Waals surface area contributed by atoms with Crippen molar-refractivity contribution >= 4 is 18.4 Å². The van der Waals surface area contributed by atoms with Crippen molar-refractivity contribution in [3.8, 4) is 0 Å². The van der Waals surface area contributed by atoms with Crippen LogP contribution in [0.1, 0.15) is 34.1 Å². The number of carbonyl (C=O) groups is 1. The van der Waals surface area contributed by atoms with Gasteiger partial charge in [-0.2, -0.15) is 12.6 Å². The van der Waals surface area contributed by atoms with Gasteiger partial charge in [0.1, 0.15) is 5.78 Å². The van der Waals surface area contributed by atoms with E-state index in [1.165, 1.54) is 0 Å². The summed E-state index contributed by atoms with van der Waals surface area (Å²) in [5.41, 5.74) is 0. The molecule has 0 aromatic carbocycles. The molecular formula is C10H20OS. The standard InChI is InChI=1S/C10H20OS/c1-7(2)5-9(6-12)10(11)8(3)4/h7-9,12H,5-6H2,1-4H3/t9-/m0/s1. The van der Waals surface area contributed by atoms with Gasteiger partial charge in [-0.15, -0.1) is 0 Å². The summed E-state index contributed by atoms with van der Waals surface area (Å²) < 4.78 is 0. The van der Waals surface area contributed by atoms with E-state index >= 15 is 0 Å². The summed E-state index contributed by atoms with van der Waals surface area (Å²) >= 11 is 4.20. The Bertz CT molecular complexity index is 141. The zero-order chi connectivity index (χ0) is 9.72. The normalized spacial score (nSPS) is 13.9. The minimum atomic E-state index is 0.154. The topological polar surface area (TPSA) is 17.1 Å². The summed E-state index contributed by atoms with van der Waals surface area (Å²) in [6.07, 6.45) is 0.973. The van der Waals surface area contributed by atoms with Crippen LogP contribution in [-0.4, -0.2) is 11.5 Å². The molecule has 0 aliphatic carbocycles. The molecule has 0 aromatic heterocycles. The van der Waals surface area contributed by atoms with Crippen molar-refractivity contribution in [1.82, 2.24) is 0 Å². The Labute approximate surface area is 81.3 Å². The average molecular weight is 188 g/mol. The Morgan fingerprint density at radius 3 is 2.00 bits per heavy atom. The fourth-order valence-electron chi connectivity index (χ4n) is 1.32. The summed E-state index contributed by atoms with van der Waals surface area (Å²) in [6, 6.07) is 0. The summed E-state index contributed by atoms with van der Waals surface area (Å²) in [5.74, 6) is 1.95. The maximum absolute atomic E-state index is 11.6. The van der Waals surface area contributed by atoms with Gasteiger partial charge in [0.15, 0.2) is 0 Å². The second kappa shape index (κ2) is 5.63. The number of ketones is 1. The third-order valence-corrected chi connectivity index (χ3v) is 2.39. The number of Topliss-reactive ketones (excluding diaryl/α,β-unsaturated/α-hetero) is 1. The summed E-state index contributed by atoms with van der Waals surface area (Å²) in [6.45, 7) is 8.20. The van der Waals surface area contributed by atoms with Gasteiger partial charge < -0.3 is 0 Å². The van der Waals surface area contributed by atoms with E-state index in [-0.39, 0.29) is 11.8 Å². The molecule has 0 unspecified atom stereocenters. The van der Waals surface area contributed by atoms with E-state index in [4.69, 9.17) is 0 Å². The third kappa shape index (κ3) is 4.15. The van der Waals surface area contributed by atoms with Crippen molar-refractivity contribution < 1.29 is 4.79 Å². The first kappa shape index (κ1) is 12.0. The fraction of sp³-hybridized carbons (Fsp3) is 0.900. The van der Waals surface area contributed by atoms with Crippen LogP contribution in [0, 0.1) is 17.8 Å². The molecule has 0 radical (unpaired) electrons. The molecule has 12 heavy (non-hydrogen) atoms. The Kier molecular flexibility index (Phi) is 5.64. The predicted molar refractivity (Wildman–Crippen MR) is 56.6 cm³/mol. The zero-order valence-corrected chi connectivity index (χ0v) is 9.40. The van der Waals surface area contributed by atoms with Crippen LogP contribution in [0.4, 0.5) is 0 Å². The highest BCUT2D eigenvalue weighted by Gasteiger charge is 2.20. The van der Waals surface area contributed by atoms with Crippen molar-refractivity contribution in [3.05, 3.63) is 0 Å². The lowest BCUT2D eigenvalue weighted by Crippen LogP contribution is -2.22. The van der Waals surface area contributed by atoms with Gasteiger partial charge in [0.05, 0.1) is 0 Å². The van der Waals surface area contributed by atoms with Crippen LogP contribution in [0.5, 0.6) is 0 Å². The van der Waals surface area contributed by atoms with Crippen LogP contribution in [0.25, 0.3) is 0 Å². The quantitative estimate of drug-likeness (QED) is 0.657. The van der Waals surface area contributed by atoms with Crippen molar-refractivity contribution in [2.24, 2.45) is 17.8 Å². The van der Waals surface area contributed by atoms with Crippen molar-refractivity contribution in [2.45, 2.75) is 34.1 Å². The highest BCUT2D eigenvalue weighted by Crippen LogP contribution is 2.17. The average Bonchev–Trinajstić information content (AvgIpc) is 1.98. The van der Waals surface area contributed by atoms with E-state index < -0.39 is 0 Å². The lowest BCUT2D eigenvalue weighted by molar-refractivity contribution is -0.125. The largest absolute Gasteiger partial charge is 0.299 e. The smallest absolute Gasteiger partial charge is 0.139 e. The van der Waals surface area contributed by atoms with Crippen molar-refractivity contribution in [2.75, 3.05) is 5.75 Å². The first-order chi connectivity index (χ1) is 5.49. The second-order valence-electron chi connectivity index (χ2n) is 4.07. The fourth-order valence-corrected chi connectivity index (χ4v) is 1.65. The Morgan fingerprint density at radius 2 is 1.75 bits per heavy atom. The Balaban J connectivity index is 4.06. The second-order valence-corrected chi connectivity index (χ2v) is 4.43. The van der Waals surface area contributed by atoms with Gasteiger partial charge >= 0.3 is 0 Å². The van der Waals surface area contributed by atoms with Crippen LogP contribution < -0.4 is 0 Å². The SMILES string of the molecule is CC(C)C[C@@H](CS)C(=O)C(C)C. The summed E-state index contributed by atoms with van der Waals surface area (Å²) in [4.78, 5) is 11.6. The third-order valence-electron chi connectivity index (χ3n) is 1.95. The molecule has 0 N–H and O–H groups in total. The molecule has 0 amide bonds. The van der Waals surface area contributed by atoms with E-state index in [1.807, 2.05) is 13.8 Å². The minimum Gasteiger partial charge on any atom is -0.299 e. The summed E-state index contributed by atoms with van der Waals surface area (Å²) in [5, 5.41) is 0. The van der Waals surface area contributed by atoms with Gasteiger partial charge in [-0.25, -0.2) is 0 Å². The molecule has 0 aliphatic rings. The summed E-state index contributed by atoms with van der Waals surface area (Å²) in [7, 11) is 0. The van der Waals surface area contributed by atoms with E-state index in [9.17, 15) is 4.79 Å². The van der Waals surface area contributed by atoms with Gasteiger partial charge in [-0.3, -0.25) is 4.79 Å². The minimum absolute atomic E-state index is 0.154. The lowest BCUT2D eigenvalue weighted by Gasteiger charge is -2.17. The molecule has 0 aromatic rings. The van der Waals surface area contributed by atoms with Gasteiger partial charge in [-0.05, 0) is 18.1 Å². The first-order valence-electron chi connectivity index (χ1n) is 4.63. The predicted octanol–water partition coefficient (Wildman–Crippen LogP) is 2.80. The number of thiol groups is 1. The number of rotatable bonds is 5. The van der Waals surface area contributed by atoms with Gasteiger partial charge in [0.2, 0.25) is 0 Å². The molecule has 0 spiro atoms. The van der Waals surface area contributed by atoms with Crippen molar-refractivity contribution in [3.63, 3.8) is 0 Å². The Hall–Kier alpha value is 0.0200. The van der Waals surface area contributed by atoms with Crippen LogP contribution in [0.15, 0.2) is 0 Å². The van der Waals surface area contributed by atoms with Gasteiger partial charge in [-0.1, -0.05) is 27.7 Å². The monoisotopic (exact) mass is 188 g/mol.